The van der Waals surface area contributed by atoms with Gasteiger partial charge in [0.15, 0.2) is 0 Å². The van der Waals surface area contributed by atoms with Gasteiger partial charge < -0.3 is 19.8 Å². The lowest BCUT2D eigenvalue weighted by Crippen LogP contribution is -2.28. The van der Waals surface area contributed by atoms with Gasteiger partial charge in [0.25, 0.3) is 0 Å². The van der Waals surface area contributed by atoms with E-state index in [1.807, 2.05) is 12.3 Å². The van der Waals surface area contributed by atoms with E-state index in [-0.39, 0.29) is 12.6 Å². The Morgan fingerprint density at radius 1 is 1.38 bits per heavy atom. The molecule has 0 bridgehead atoms. The summed E-state index contributed by atoms with van der Waals surface area (Å²) in [6.07, 6.45) is 10.8. The molecular formula is C20H29N3O3. The van der Waals surface area contributed by atoms with Gasteiger partial charge in [-0.1, -0.05) is 32.6 Å². The van der Waals surface area contributed by atoms with Gasteiger partial charge in [-0.3, -0.25) is 0 Å². The van der Waals surface area contributed by atoms with E-state index in [1.165, 1.54) is 25.7 Å². The molecule has 0 aliphatic heterocycles. The maximum Gasteiger partial charge on any atom is 0.341 e. The molecule has 26 heavy (non-hydrogen) atoms. The smallest absolute Gasteiger partial charge is 0.341 e. The molecule has 2 aromatic rings. The summed E-state index contributed by atoms with van der Waals surface area (Å²) in [5.74, 6) is 0.410. The van der Waals surface area contributed by atoms with Crippen LogP contribution in [0.25, 0.3) is 11.0 Å². The number of ether oxygens (including phenoxy) is 2. The third kappa shape index (κ3) is 4.36. The lowest BCUT2D eigenvalue weighted by molar-refractivity contribution is 0.0389. The second-order valence-electron chi connectivity index (χ2n) is 7.08. The number of nitrogens with zero attached hydrogens (tertiary/aromatic N) is 1. The number of H-pyrrole nitrogens is 1. The van der Waals surface area contributed by atoms with Crippen LogP contribution in [0.1, 0.15) is 55.8 Å². The number of rotatable bonds is 8. The summed E-state index contributed by atoms with van der Waals surface area (Å²) in [6, 6.07) is 2.34. The van der Waals surface area contributed by atoms with E-state index in [4.69, 9.17) is 9.47 Å². The maximum absolute atomic E-state index is 12.5. The normalized spacial score (nSPS) is 20.2. The number of aromatic amines is 1. The molecule has 6 heteroatoms. The monoisotopic (exact) mass is 359 g/mol. The van der Waals surface area contributed by atoms with E-state index in [0.717, 1.165) is 35.5 Å². The number of methoxy groups -OCH3 is 1. The van der Waals surface area contributed by atoms with E-state index < -0.39 is 0 Å². The average Bonchev–Trinajstić information content (AvgIpc) is 3.12. The van der Waals surface area contributed by atoms with Gasteiger partial charge in [-0.15, -0.1) is 0 Å². The second-order valence-corrected chi connectivity index (χ2v) is 7.08. The molecular weight excluding hydrogens is 330 g/mol. The Bertz CT molecular complexity index is 726. The Morgan fingerprint density at radius 3 is 3.08 bits per heavy atom. The topological polar surface area (TPSA) is 76.2 Å². The van der Waals surface area contributed by atoms with E-state index in [9.17, 15) is 4.79 Å². The molecule has 1 fully saturated rings. The largest absolute Gasteiger partial charge is 0.460 e. The summed E-state index contributed by atoms with van der Waals surface area (Å²) in [5, 5.41) is 4.58. The van der Waals surface area contributed by atoms with Gasteiger partial charge >= 0.3 is 5.97 Å². The first-order chi connectivity index (χ1) is 12.7. The summed E-state index contributed by atoms with van der Waals surface area (Å²) in [7, 11) is 1.59. The molecule has 0 aromatic carbocycles. The van der Waals surface area contributed by atoms with Gasteiger partial charge in [0, 0.05) is 30.9 Å². The van der Waals surface area contributed by atoms with Crippen molar-refractivity contribution in [2.75, 3.05) is 25.6 Å². The Kier molecular flexibility index (Phi) is 6.50. The first-order valence-corrected chi connectivity index (χ1v) is 9.61. The molecule has 2 aromatic heterocycles. The summed E-state index contributed by atoms with van der Waals surface area (Å²) in [4.78, 5) is 20.0. The molecule has 142 valence electrons. The summed E-state index contributed by atoms with van der Waals surface area (Å²) >= 11 is 0. The number of nitrogens with one attached hydrogen (secondary N) is 2. The minimum absolute atomic E-state index is 0.238. The van der Waals surface area contributed by atoms with Crippen molar-refractivity contribution in [2.45, 2.75) is 51.5 Å². The van der Waals surface area contributed by atoms with Gasteiger partial charge in [0.1, 0.15) is 17.8 Å². The molecule has 2 atom stereocenters. The number of aromatic nitrogens is 2. The van der Waals surface area contributed by atoms with Crippen molar-refractivity contribution >= 4 is 22.7 Å². The van der Waals surface area contributed by atoms with Crippen LogP contribution in [0.5, 0.6) is 0 Å². The fraction of sp³-hybridized carbons (Fsp3) is 0.600. The average molecular weight is 359 g/mol. The Balaban J connectivity index is 1.81. The molecule has 2 heterocycles. The fourth-order valence-corrected chi connectivity index (χ4v) is 3.91. The zero-order valence-electron chi connectivity index (χ0n) is 15.7. The molecule has 0 spiro atoms. The van der Waals surface area contributed by atoms with Gasteiger partial charge in [0.2, 0.25) is 0 Å². The molecule has 0 radical (unpaired) electrons. The number of pyridine rings is 1. The highest BCUT2D eigenvalue weighted by Gasteiger charge is 2.24. The zero-order chi connectivity index (χ0) is 18.4. The molecule has 6 nitrogen and oxygen atoms in total. The summed E-state index contributed by atoms with van der Waals surface area (Å²) in [5.41, 5.74) is 2.11. The van der Waals surface area contributed by atoms with Crippen LogP contribution in [0, 0.1) is 5.92 Å². The Labute approximate surface area is 154 Å². The predicted octanol–water partition coefficient (Wildman–Crippen LogP) is 4.14. The van der Waals surface area contributed by atoms with Crippen LogP contribution in [0.3, 0.4) is 0 Å². The van der Waals surface area contributed by atoms with Crippen molar-refractivity contribution in [3.8, 4) is 0 Å². The number of anilines is 1. The van der Waals surface area contributed by atoms with Crippen LogP contribution in [-0.2, 0) is 9.47 Å². The third-order valence-electron chi connectivity index (χ3n) is 5.16. The van der Waals surface area contributed by atoms with Crippen LogP contribution in [0.2, 0.25) is 0 Å². The van der Waals surface area contributed by atoms with E-state index in [2.05, 4.69) is 22.2 Å². The molecule has 0 unspecified atom stereocenters. The van der Waals surface area contributed by atoms with Crippen molar-refractivity contribution < 1.29 is 14.3 Å². The second kappa shape index (κ2) is 9.03. The third-order valence-corrected chi connectivity index (χ3v) is 5.16. The van der Waals surface area contributed by atoms with Crippen LogP contribution < -0.4 is 5.32 Å². The Hall–Kier alpha value is -2.08. The van der Waals surface area contributed by atoms with E-state index in [1.54, 1.807) is 13.3 Å². The summed E-state index contributed by atoms with van der Waals surface area (Å²) < 4.78 is 10.3. The van der Waals surface area contributed by atoms with Gasteiger partial charge in [-0.2, -0.15) is 0 Å². The van der Waals surface area contributed by atoms with Crippen molar-refractivity contribution in [3.63, 3.8) is 0 Å². The van der Waals surface area contributed by atoms with Crippen molar-refractivity contribution in [1.29, 1.82) is 0 Å². The number of fused-ring (bicyclic) bond motifs is 1. The maximum atomic E-state index is 12.5. The van der Waals surface area contributed by atoms with Gasteiger partial charge in [0.05, 0.1) is 12.3 Å². The van der Waals surface area contributed by atoms with Crippen molar-refractivity contribution in [1.82, 2.24) is 9.97 Å². The van der Waals surface area contributed by atoms with E-state index >= 15 is 0 Å². The Morgan fingerprint density at radius 2 is 2.27 bits per heavy atom. The number of hydrogen-bond donors (Lipinski definition) is 2. The predicted molar refractivity (Wildman–Crippen MR) is 103 cm³/mol. The lowest BCUT2D eigenvalue weighted by Gasteiger charge is -2.31. The highest BCUT2D eigenvalue weighted by Crippen LogP contribution is 2.33. The first-order valence-electron chi connectivity index (χ1n) is 9.61. The van der Waals surface area contributed by atoms with Gasteiger partial charge in [-0.05, 0) is 24.8 Å². The van der Waals surface area contributed by atoms with Crippen molar-refractivity contribution in [2.24, 2.45) is 5.92 Å². The van der Waals surface area contributed by atoms with Crippen LogP contribution in [0.4, 0.5) is 5.69 Å². The van der Waals surface area contributed by atoms with Crippen molar-refractivity contribution in [3.05, 3.63) is 24.0 Å². The number of hydrogen-bond acceptors (Lipinski definition) is 5. The molecule has 2 N–H and O–H groups in total. The molecule has 0 saturated heterocycles. The SMILES string of the molecule is CCC[C@H]1CCC[C@H](Nc2c(C(=O)OCCOC)cnc3[nH]ccc23)C1. The molecule has 0 amide bonds. The summed E-state index contributed by atoms with van der Waals surface area (Å²) in [6.45, 7) is 2.87. The molecule has 3 rings (SSSR count). The molecule has 1 saturated carbocycles. The highest BCUT2D eigenvalue weighted by atomic mass is 16.6. The quantitative estimate of drug-likeness (QED) is 0.547. The lowest BCUT2D eigenvalue weighted by atomic mass is 9.83. The van der Waals surface area contributed by atoms with E-state index in [0.29, 0.717) is 18.2 Å². The highest BCUT2D eigenvalue weighted by molar-refractivity contribution is 6.04. The number of esters is 1. The van der Waals surface area contributed by atoms with Gasteiger partial charge in [-0.25, -0.2) is 9.78 Å². The minimum atomic E-state index is -0.360. The van der Waals surface area contributed by atoms with Crippen LogP contribution in [-0.4, -0.2) is 42.3 Å². The first kappa shape index (κ1) is 18.7. The zero-order valence-corrected chi connectivity index (χ0v) is 15.7. The minimum Gasteiger partial charge on any atom is -0.460 e. The molecule has 1 aliphatic rings. The standard InChI is InChI=1S/C20H29N3O3/c1-3-5-14-6-4-7-15(12-14)23-18-16-8-9-21-19(16)22-13-17(18)20(24)26-11-10-25-2/h8-9,13-15H,3-7,10-12H2,1-2H3,(H2,21,22,23)/t14-,15-/m0/s1. The van der Waals surface area contributed by atoms with Crippen LogP contribution in [0.15, 0.2) is 18.5 Å². The number of carbonyl (C=O) groups is 1. The van der Waals surface area contributed by atoms with Crippen LogP contribution >= 0.6 is 0 Å². The molecule has 1 aliphatic carbocycles. The fourth-order valence-electron chi connectivity index (χ4n) is 3.91. The number of carbonyl (C=O) groups excluding carboxylic acids is 1.